The molecule has 0 aliphatic rings. The molecule has 0 atom stereocenters. The highest BCUT2D eigenvalue weighted by atomic mass is 16.3. The lowest BCUT2D eigenvalue weighted by Gasteiger charge is -2.11. The van der Waals surface area contributed by atoms with E-state index in [1.807, 2.05) is 26.0 Å². The molecule has 0 saturated heterocycles. The van der Waals surface area contributed by atoms with Crippen molar-refractivity contribution in [3.05, 3.63) is 23.3 Å². The predicted octanol–water partition coefficient (Wildman–Crippen LogP) is 5.56. The molecule has 0 heterocycles. The first-order chi connectivity index (χ1) is 9.65. The van der Waals surface area contributed by atoms with Gasteiger partial charge in [-0.2, -0.15) is 0 Å². The highest BCUT2D eigenvalue weighted by Gasteiger charge is 2.02. The zero-order valence-corrected chi connectivity index (χ0v) is 13.5. The number of unbranched alkanes of at least 4 members (excludes halogenated alkanes) is 7. The number of aryl methyl sites for hydroxylation is 2. The molecule has 20 heavy (non-hydrogen) atoms. The summed E-state index contributed by atoms with van der Waals surface area (Å²) in [5, 5.41) is 13.1. The van der Waals surface area contributed by atoms with Crippen LogP contribution in [0.5, 0.6) is 5.75 Å². The number of anilines is 1. The smallest absolute Gasteiger partial charge is 0.118 e. The number of benzene rings is 1. The monoisotopic (exact) mass is 277 g/mol. The average Bonchev–Trinajstić information content (AvgIpc) is 2.42. The van der Waals surface area contributed by atoms with Gasteiger partial charge in [0.15, 0.2) is 0 Å². The number of phenols is 1. The number of nitrogens with one attached hydrogen (secondary N) is 1. The van der Waals surface area contributed by atoms with Crippen molar-refractivity contribution in [1.82, 2.24) is 0 Å². The topological polar surface area (TPSA) is 32.3 Å². The Morgan fingerprint density at radius 1 is 0.850 bits per heavy atom. The van der Waals surface area contributed by atoms with E-state index in [9.17, 15) is 5.11 Å². The average molecular weight is 277 g/mol. The Labute approximate surface area is 124 Å². The lowest BCUT2D eigenvalue weighted by Crippen LogP contribution is -2.03. The fraction of sp³-hybridized carbons (Fsp3) is 0.667. The first kappa shape index (κ1) is 16.9. The first-order valence-electron chi connectivity index (χ1n) is 8.19. The summed E-state index contributed by atoms with van der Waals surface area (Å²) in [5.74, 6) is 0.389. The van der Waals surface area contributed by atoms with Crippen LogP contribution in [0.3, 0.4) is 0 Å². The molecule has 2 nitrogen and oxygen atoms in total. The molecule has 0 aromatic heterocycles. The molecule has 0 radical (unpaired) electrons. The molecule has 2 N–H and O–H groups in total. The van der Waals surface area contributed by atoms with Gasteiger partial charge in [-0.3, -0.25) is 0 Å². The molecule has 0 fully saturated rings. The van der Waals surface area contributed by atoms with Crippen molar-refractivity contribution in [3.8, 4) is 5.75 Å². The maximum atomic E-state index is 9.63. The Morgan fingerprint density at radius 3 is 2.10 bits per heavy atom. The normalized spacial score (nSPS) is 10.8. The third-order valence-corrected chi connectivity index (χ3v) is 3.89. The number of hydrogen-bond acceptors (Lipinski definition) is 2. The first-order valence-corrected chi connectivity index (χ1v) is 8.19. The molecule has 0 spiro atoms. The fourth-order valence-corrected chi connectivity index (χ4v) is 2.47. The maximum absolute atomic E-state index is 9.63. The standard InChI is InChI=1S/C18H31NO/c1-4-5-6-7-8-9-10-11-12-19-17-13-16(3)18(20)14-15(17)2/h13-14,19-20H,4-12H2,1-3H3. The zero-order valence-electron chi connectivity index (χ0n) is 13.5. The Balaban J connectivity index is 2.11. The van der Waals surface area contributed by atoms with Gasteiger partial charge in [0.1, 0.15) is 5.75 Å². The van der Waals surface area contributed by atoms with Crippen molar-refractivity contribution in [2.24, 2.45) is 0 Å². The Morgan fingerprint density at radius 2 is 1.45 bits per heavy atom. The van der Waals surface area contributed by atoms with E-state index < -0.39 is 0 Å². The van der Waals surface area contributed by atoms with Crippen LogP contribution in [-0.4, -0.2) is 11.7 Å². The summed E-state index contributed by atoms with van der Waals surface area (Å²) in [7, 11) is 0. The third kappa shape index (κ3) is 6.31. The fourth-order valence-electron chi connectivity index (χ4n) is 2.47. The SMILES string of the molecule is CCCCCCCCCCNc1cc(C)c(O)cc1C. The van der Waals surface area contributed by atoms with Crippen LogP contribution in [0.4, 0.5) is 5.69 Å². The molecule has 0 bridgehead atoms. The van der Waals surface area contributed by atoms with E-state index in [4.69, 9.17) is 0 Å². The molecular formula is C18H31NO. The van der Waals surface area contributed by atoms with Crippen molar-refractivity contribution in [3.63, 3.8) is 0 Å². The molecular weight excluding hydrogens is 246 g/mol. The molecule has 0 saturated carbocycles. The molecule has 0 unspecified atom stereocenters. The maximum Gasteiger partial charge on any atom is 0.118 e. The van der Waals surface area contributed by atoms with Crippen LogP contribution in [0.2, 0.25) is 0 Å². The summed E-state index contributed by atoms with van der Waals surface area (Å²) in [4.78, 5) is 0. The van der Waals surface area contributed by atoms with E-state index in [0.717, 1.165) is 23.4 Å². The minimum atomic E-state index is 0.389. The third-order valence-electron chi connectivity index (χ3n) is 3.89. The molecule has 2 heteroatoms. The van der Waals surface area contributed by atoms with E-state index in [1.54, 1.807) is 0 Å². The number of hydrogen-bond donors (Lipinski definition) is 2. The van der Waals surface area contributed by atoms with E-state index in [2.05, 4.69) is 12.2 Å². The van der Waals surface area contributed by atoms with Crippen molar-refractivity contribution in [2.75, 3.05) is 11.9 Å². The van der Waals surface area contributed by atoms with Crippen molar-refractivity contribution >= 4 is 5.69 Å². The van der Waals surface area contributed by atoms with Gasteiger partial charge in [0.25, 0.3) is 0 Å². The van der Waals surface area contributed by atoms with Crippen LogP contribution in [0.25, 0.3) is 0 Å². The Kier molecular flexibility index (Phi) is 8.17. The van der Waals surface area contributed by atoms with E-state index in [-0.39, 0.29) is 0 Å². The Bertz CT molecular complexity index is 387. The molecule has 0 aliphatic heterocycles. The molecule has 1 rings (SSSR count). The highest BCUT2D eigenvalue weighted by molar-refractivity contribution is 5.56. The predicted molar refractivity (Wildman–Crippen MR) is 88.7 cm³/mol. The van der Waals surface area contributed by atoms with Crippen molar-refractivity contribution in [1.29, 1.82) is 0 Å². The summed E-state index contributed by atoms with van der Waals surface area (Å²) >= 11 is 0. The van der Waals surface area contributed by atoms with Crippen LogP contribution in [0.1, 0.15) is 69.4 Å². The lowest BCUT2D eigenvalue weighted by molar-refractivity contribution is 0.471. The zero-order chi connectivity index (χ0) is 14.8. The van der Waals surface area contributed by atoms with Gasteiger partial charge in [-0.05, 0) is 43.5 Å². The second kappa shape index (κ2) is 9.68. The van der Waals surface area contributed by atoms with Crippen molar-refractivity contribution in [2.45, 2.75) is 72.1 Å². The van der Waals surface area contributed by atoms with Crippen molar-refractivity contribution < 1.29 is 5.11 Å². The molecule has 0 amide bonds. The quantitative estimate of drug-likeness (QED) is 0.433. The Hall–Kier alpha value is -1.18. The lowest BCUT2D eigenvalue weighted by atomic mass is 10.1. The summed E-state index contributed by atoms with van der Waals surface area (Å²) in [5.41, 5.74) is 3.21. The summed E-state index contributed by atoms with van der Waals surface area (Å²) in [6, 6.07) is 3.88. The van der Waals surface area contributed by atoms with Gasteiger partial charge in [-0.15, -0.1) is 0 Å². The van der Waals surface area contributed by atoms with Crippen LogP contribution >= 0.6 is 0 Å². The van der Waals surface area contributed by atoms with Gasteiger partial charge in [-0.1, -0.05) is 51.9 Å². The van der Waals surface area contributed by atoms with Gasteiger partial charge < -0.3 is 10.4 Å². The molecule has 1 aromatic rings. The second-order valence-electron chi connectivity index (χ2n) is 5.86. The van der Waals surface area contributed by atoms with E-state index in [1.165, 1.54) is 51.4 Å². The minimum Gasteiger partial charge on any atom is -0.508 e. The summed E-state index contributed by atoms with van der Waals surface area (Å²) in [6.07, 6.45) is 10.8. The summed E-state index contributed by atoms with van der Waals surface area (Å²) < 4.78 is 0. The molecule has 114 valence electrons. The van der Waals surface area contributed by atoms with E-state index >= 15 is 0 Å². The van der Waals surface area contributed by atoms with Crippen LogP contribution < -0.4 is 5.32 Å². The number of phenolic OH excluding ortho intramolecular Hbond substituents is 1. The second-order valence-corrected chi connectivity index (χ2v) is 5.86. The van der Waals surface area contributed by atoms with Crippen LogP contribution in [0.15, 0.2) is 12.1 Å². The number of aromatic hydroxyl groups is 1. The van der Waals surface area contributed by atoms with E-state index in [0.29, 0.717) is 5.75 Å². The van der Waals surface area contributed by atoms with Crippen LogP contribution in [0, 0.1) is 13.8 Å². The highest BCUT2D eigenvalue weighted by Crippen LogP contribution is 2.24. The van der Waals surface area contributed by atoms with Gasteiger partial charge in [0.05, 0.1) is 0 Å². The molecule has 0 aliphatic carbocycles. The number of rotatable bonds is 10. The van der Waals surface area contributed by atoms with Gasteiger partial charge in [-0.25, -0.2) is 0 Å². The van der Waals surface area contributed by atoms with Crippen LogP contribution in [-0.2, 0) is 0 Å². The minimum absolute atomic E-state index is 0.389. The molecule has 1 aromatic carbocycles. The largest absolute Gasteiger partial charge is 0.508 e. The summed E-state index contributed by atoms with van der Waals surface area (Å²) in [6.45, 7) is 7.27. The van der Waals surface area contributed by atoms with Gasteiger partial charge in [0, 0.05) is 12.2 Å². The van der Waals surface area contributed by atoms with Gasteiger partial charge >= 0.3 is 0 Å². The van der Waals surface area contributed by atoms with Gasteiger partial charge in [0.2, 0.25) is 0 Å².